The summed E-state index contributed by atoms with van der Waals surface area (Å²) in [5.74, 6) is -11.8. The Morgan fingerprint density at radius 1 is 1.12 bits per heavy atom. The molecule has 1 saturated heterocycles. The fourth-order valence-corrected chi connectivity index (χ4v) is 0.982. The van der Waals surface area contributed by atoms with Crippen molar-refractivity contribution in [1.82, 2.24) is 5.32 Å². The zero-order chi connectivity index (χ0) is 12.8. The van der Waals surface area contributed by atoms with Crippen LogP contribution in [0.2, 0.25) is 0 Å². The van der Waals surface area contributed by atoms with Crippen molar-refractivity contribution in [2.75, 3.05) is 6.54 Å². The molecule has 0 radical (unpaired) electrons. The van der Waals surface area contributed by atoms with Crippen LogP contribution in [0.5, 0.6) is 0 Å². The fourth-order valence-electron chi connectivity index (χ4n) is 0.982. The van der Waals surface area contributed by atoms with E-state index in [0.29, 0.717) is 0 Å². The highest BCUT2D eigenvalue weighted by Crippen LogP contribution is 2.48. The Morgan fingerprint density at radius 3 is 1.94 bits per heavy atom. The van der Waals surface area contributed by atoms with Gasteiger partial charge in [-0.15, -0.1) is 0 Å². The standard InChI is InChI=1S/C6H4F7NO2/c7-4(8,2-1-14-3(15)16-2)5(9,10)6(11,12)13/h2H,1H2,(H,14,15). The van der Waals surface area contributed by atoms with Crippen molar-refractivity contribution in [2.45, 2.75) is 24.1 Å². The molecular formula is C6H4F7NO2. The van der Waals surface area contributed by atoms with Crippen LogP contribution in [-0.2, 0) is 4.74 Å². The summed E-state index contributed by atoms with van der Waals surface area (Å²) in [6.45, 7) is -1.11. The summed E-state index contributed by atoms with van der Waals surface area (Å²) in [5, 5.41) is 1.56. The number of alkyl halides is 7. The highest BCUT2D eigenvalue weighted by atomic mass is 19.4. The summed E-state index contributed by atoms with van der Waals surface area (Å²) in [6.07, 6.45) is -10.7. The van der Waals surface area contributed by atoms with Crippen LogP contribution < -0.4 is 5.32 Å². The molecular weight excluding hydrogens is 251 g/mol. The second-order valence-electron chi connectivity index (χ2n) is 2.97. The van der Waals surface area contributed by atoms with Gasteiger partial charge < -0.3 is 10.1 Å². The molecule has 0 spiro atoms. The van der Waals surface area contributed by atoms with E-state index < -0.39 is 36.8 Å². The lowest BCUT2D eigenvalue weighted by Crippen LogP contribution is -2.58. The molecule has 3 nitrogen and oxygen atoms in total. The number of carbonyl (C=O) groups is 1. The zero-order valence-corrected chi connectivity index (χ0v) is 7.25. The average molecular weight is 255 g/mol. The minimum atomic E-state index is -6.43. The Kier molecular flexibility index (Phi) is 2.72. The number of halogens is 7. The van der Waals surface area contributed by atoms with Crippen LogP contribution in [0, 0.1) is 0 Å². The minimum absolute atomic E-state index is 1.11. The smallest absolute Gasteiger partial charge is 0.438 e. The lowest BCUT2D eigenvalue weighted by atomic mass is 10.1. The summed E-state index contributed by atoms with van der Waals surface area (Å²) < 4.78 is 89.1. The normalized spacial score (nSPS) is 22.9. The topological polar surface area (TPSA) is 38.3 Å². The van der Waals surface area contributed by atoms with E-state index in [1.165, 1.54) is 0 Å². The van der Waals surface area contributed by atoms with Crippen molar-refractivity contribution in [3.8, 4) is 0 Å². The van der Waals surface area contributed by atoms with Crippen LogP contribution >= 0.6 is 0 Å². The number of carbonyl (C=O) groups excluding carboxylic acids is 1. The number of nitrogens with one attached hydrogen (secondary N) is 1. The molecule has 0 aromatic heterocycles. The third-order valence-electron chi connectivity index (χ3n) is 1.86. The fraction of sp³-hybridized carbons (Fsp3) is 0.833. The molecule has 1 unspecified atom stereocenters. The van der Waals surface area contributed by atoms with Gasteiger partial charge in [-0.25, -0.2) is 4.79 Å². The first kappa shape index (κ1) is 12.8. The Morgan fingerprint density at radius 2 is 1.62 bits per heavy atom. The third kappa shape index (κ3) is 1.76. The molecule has 0 aromatic carbocycles. The van der Waals surface area contributed by atoms with Gasteiger partial charge in [0.05, 0.1) is 6.54 Å². The van der Waals surface area contributed by atoms with Gasteiger partial charge in [-0.2, -0.15) is 30.7 Å². The molecule has 0 aliphatic carbocycles. The Labute approximate surface area is 83.5 Å². The van der Waals surface area contributed by atoms with Gasteiger partial charge in [0.25, 0.3) is 0 Å². The van der Waals surface area contributed by atoms with Crippen LogP contribution in [-0.4, -0.2) is 36.8 Å². The second kappa shape index (κ2) is 3.39. The first-order valence-corrected chi connectivity index (χ1v) is 3.77. The molecule has 1 aliphatic rings. The van der Waals surface area contributed by atoms with E-state index in [0.717, 1.165) is 0 Å². The van der Waals surface area contributed by atoms with Gasteiger partial charge in [0.15, 0.2) is 6.10 Å². The highest BCUT2D eigenvalue weighted by Gasteiger charge is 2.76. The van der Waals surface area contributed by atoms with E-state index in [2.05, 4.69) is 4.74 Å². The van der Waals surface area contributed by atoms with Crippen molar-refractivity contribution in [1.29, 1.82) is 0 Å². The van der Waals surface area contributed by atoms with Crippen molar-refractivity contribution in [2.24, 2.45) is 0 Å². The van der Waals surface area contributed by atoms with Gasteiger partial charge >= 0.3 is 24.1 Å². The predicted molar refractivity (Wildman–Crippen MR) is 34.2 cm³/mol. The third-order valence-corrected chi connectivity index (χ3v) is 1.86. The second-order valence-corrected chi connectivity index (χ2v) is 2.97. The molecule has 94 valence electrons. The molecule has 1 N–H and O–H groups in total. The number of hydrogen-bond donors (Lipinski definition) is 1. The van der Waals surface area contributed by atoms with Crippen molar-refractivity contribution >= 4 is 6.09 Å². The summed E-state index contributed by atoms with van der Waals surface area (Å²) in [4.78, 5) is 10.3. The number of cyclic esters (lactones) is 1. The molecule has 1 aliphatic heterocycles. The van der Waals surface area contributed by atoms with E-state index in [-0.39, 0.29) is 0 Å². The van der Waals surface area contributed by atoms with E-state index in [9.17, 15) is 35.5 Å². The van der Waals surface area contributed by atoms with Gasteiger partial charge in [0.1, 0.15) is 0 Å². The van der Waals surface area contributed by atoms with Crippen LogP contribution in [0.25, 0.3) is 0 Å². The largest absolute Gasteiger partial charge is 0.460 e. The molecule has 1 amide bonds. The molecule has 0 bridgehead atoms. The maximum absolute atomic E-state index is 12.8. The molecule has 1 fully saturated rings. The van der Waals surface area contributed by atoms with Gasteiger partial charge in [0.2, 0.25) is 0 Å². The van der Waals surface area contributed by atoms with Crippen LogP contribution in [0.1, 0.15) is 0 Å². The minimum Gasteiger partial charge on any atom is -0.438 e. The number of ether oxygens (including phenoxy) is 1. The lowest BCUT2D eigenvalue weighted by molar-refractivity contribution is -0.367. The maximum Gasteiger partial charge on any atom is 0.460 e. The molecule has 1 heterocycles. The lowest BCUT2D eigenvalue weighted by Gasteiger charge is -2.30. The zero-order valence-electron chi connectivity index (χ0n) is 7.25. The Balaban J connectivity index is 2.96. The SMILES string of the molecule is O=C1NCC(C(F)(F)C(F)(F)C(F)(F)F)O1. The quantitative estimate of drug-likeness (QED) is 0.765. The summed E-state index contributed by atoms with van der Waals surface area (Å²) >= 11 is 0. The Bertz CT molecular complexity index is 300. The molecule has 16 heavy (non-hydrogen) atoms. The molecule has 0 saturated carbocycles. The van der Waals surface area contributed by atoms with E-state index >= 15 is 0 Å². The maximum atomic E-state index is 12.8. The predicted octanol–water partition coefficient (Wildman–Crippen LogP) is 1.93. The first-order valence-electron chi connectivity index (χ1n) is 3.77. The molecule has 1 atom stereocenters. The summed E-state index contributed by atoms with van der Waals surface area (Å²) in [6, 6.07) is 0. The van der Waals surface area contributed by atoms with Crippen molar-refractivity contribution < 1.29 is 40.3 Å². The van der Waals surface area contributed by atoms with Crippen LogP contribution in [0.15, 0.2) is 0 Å². The number of amides is 1. The van der Waals surface area contributed by atoms with Crippen molar-refractivity contribution in [3.63, 3.8) is 0 Å². The van der Waals surface area contributed by atoms with E-state index in [1.54, 1.807) is 5.32 Å². The average Bonchev–Trinajstić information content (AvgIpc) is 2.49. The van der Waals surface area contributed by atoms with Crippen LogP contribution in [0.4, 0.5) is 35.5 Å². The van der Waals surface area contributed by atoms with E-state index in [1.807, 2.05) is 0 Å². The van der Waals surface area contributed by atoms with E-state index in [4.69, 9.17) is 0 Å². The molecule has 0 aromatic rings. The highest BCUT2D eigenvalue weighted by molar-refractivity contribution is 5.69. The van der Waals surface area contributed by atoms with Gasteiger partial charge in [-0.05, 0) is 0 Å². The van der Waals surface area contributed by atoms with Crippen molar-refractivity contribution in [3.05, 3.63) is 0 Å². The summed E-state index contributed by atoms with van der Waals surface area (Å²) in [5.41, 5.74) is 0. The van der Waals surface area contributed by atoms with Gasteiger partial charge in [-0.3, -0.25) is 0 Å². The monoisotopic (exact) mass is 255 g/mol. The van der Waals surface area contributed by atoms with Gasteiger partial charge in [-0.1, -0.05) is 0 Å². The Hall–Kier alpha value is -1.22. The number of hydrogen-bond acceptors (Lipinski definition) is 2. The summed E-state index contributed by atoms with van der Waals surface area (Å²) in [7, 11) is 0. The number of rotatable bonds is 2. The molecule has 10 heteroatoms. The van der Waals surface area contributed by atoms with Gasteiger partial charge in [0, 0.05) is 0 Å². The first-order chi connectivity index (χ1) is 7.00. The van der Waals surface area contributed by atoms with Crippen LogP contribution in [0.3, 0.4) is 0 Å². The number of alkyl carbamates (subject to hydrolysis) is 1. The molecule has 1 rings (SSSR count).